The van der Waals surface area contributed by atoms with Crippen molar-refractivity contribution in [1.82, 2.24) is 4.98 Å². The quantitative estimate of drug-likeness (QED) is 0.688. The number of nitrogens with zero attached hydrogens (tertiary/aromatic N) is 1. The molecule has 4 heteroatoms. The maximum absolute atomic E-state index is 5.25. The fourth-order valence-corrected chi connectivity index (χ4v) is 1.40. The van der Waals surface area contributed by atoms with Gasteiger partial charge in [0.25, 0.3) is 0 Å². The van der Waals surface area contributed by atoms with Gasteiger partial charge in [0, 0.05) is 5.56 Å². The number of benzene rings is 1. The van der Waals surface area contributed by atoms with Gasteiger partial charge in [0.05, 0.1) is 6.20 Å². The Balaban J connectivity index is 2.09. The predicted molar refractivity (Wildman–Crippen MR) is 48.1 cm³/mol. The smallest absolute Gasteiger partial charge is 0.231 e. The number of aromatic nitrogens is 1. The average molecular weight is 189 g/mol. The predicted octanol–water partition coefficient (Wildman–Crippen LogP) is 2.07. The highest BCUT2D eigenvalue weighted by atomic mass is 16.7. The standard InChI is InChI=1S/C10H7NO3/c1-2-8-9(14-6-13-8)5-7(1)10-11-3-4-12-10/h1-5H,6H2. The van der Waals surface area contributed by atoms with E-state index in [-0.39, 0.29) is 6.79 Å². The van der Waals surface area contributed by atoms with Crippen molar-refractivity contribution >= 4 is 0 Å². The molecular weight excluding hydrogens is 182 g/mol. The molecule has 0 bridgehead atoms. The molecule has 1 aliphatic rings. The zero-order valence-corrected chi connectivity index (χ0v) is 7.27. The van der Waals surface area contributed by atoms with Gasteiger partial charge in [0.2, 0.25) is 12.7 Å². The zero-order valence-electron chi connectivity index (χ0n) is 7.27. The normalized spacial score (nSPS) is 13.1. The van der Waals surface area contributed by atoms with Crippen molar-refractivity contribution in [2.24, 2.45) is 0 Å². The van der Waals surface area contributed by atoms with Gasteiger partial charge in [-0.3, -0.25) is 0 Å². The van der Waals surface area contributed by atoms with Gasteiger partial charge in [0.15, 0.2) is 11.5 Å². The van der Waals surface area contributed by atoms with Crippen LogP contribution < -0.4 is 9.47 Å². The molecule has 0 saturated heterocycles. The van der Waals surface area contributed by atoms with Crippen molar-refractivity contribution in [3.8, 4) is 23.0 Å². The lowest BCUT2D eigenvalue weighted by molar-refractivity contribution is 0.174. The van der Waals surface area contributed by atoms with Gasteiger partial charge in [-0.15, -0.1) is 0 Å². The second-order valence-electron chi connectivity index (χ2n) is 2.91. The lowest BCUT2D eigenvalue weighted by Gasteiger charge is -1.97. The van der Waals surface area contributed by atoms with Crippen LogP contribution in [0.3, 0.4) is 0 Å². The number of oxazole rings is 1. The summed E-state index contributed by atoms with van der Waals surface area (Å²) >= 11 is 0. The number of hydrogen-bond donors (Lipinski definition) is 0. The van der Waals surface area contributed by atoms with E-state index >= 15 is 0 Å². The summed E-state index contributed by atoms with van der Waals surface area (Å²) in [6.45, 7) is 0.282. The third-order valence-electron chi connectivity index (χ3n) is 2.05. The Morgan fingerprint density at radius 2 is 2.07 bits per heavy atom. The Labute approximate surface area is 80.1 Å². The number of rotatable bonds is 1. The maximum atomic E-state index is 5.25. The lowest BCUT2D eigenvalue weighted by Crippen LogP contribution is -1.92. The summed E-state index contributed by atoms with van der Waals surface area (Å²) in [5.41, 5.74) is 0.888. The summed E-state index contributed by atoms with van der Waals surface area (Å²) in [6.07, 6.45) is 3.15. The Morgan fingerprint density at radius 1 is 1.14 bits per heavy atom. The first-order valence-corrected chi connectivity index (χ1v) is 4.23. The molecular formula is C10H7NO3. The zero-order chi connectivity index (χ0) is 9.38. The number of ether oxygens (including phenoxy) is 2. The van der Waals surface area contributed by atoms with Crippen LogP contribution in [0.4, 0.5) is 0 Å². The molecule has 2 heterocycles. The molecule has 1 aromatic heterocycles. The Hall–Kier alpha value is -1.97. The molecule has 0 aliphatic carbocycles. The molecule has 14 heavy (non-hydrogen) atoms. The first-order valence-electron chi connectivity index (χ1n) is 4.23. The first kappa shape index (κ1) is 7.44. The van der Waals surface area contributed by atoms with Crippen LogP contribution in [0.5, 0.6) is 11.5 Å². The summed E-state index contributed by atoms with van der Waals surface area (Å²) in [6, 6.07) is 5.59. The molecule has 0 amide bonds. The van der Waals surface area contributed by atoms with Gasteiger partial charge in [-0.05, 0) is 18.2 Å². The SMILES string of the molecule is c1coc(-c2ccc3c(c2)OCO3)n1. The third kappa shape index (κ3) is 1.04. The monoisotopic (exact) mass is 189 g/mol. The minimum atomic E-state index is 0.282. The van der Waals surface area contributed by atoms with Gasteiger partial charge in [-0.2, -0.15) is 0 Å². The van der Waals surface area contributed by atoms with Crippen LogP contribution in [0.1, 0.15) is 0 Å². The summed E-state index contributed by atoms with van der Waals surface area (Å²) in [5, 5.41) is 0. The van der Waals surface area contributed by atoms with Gasteiger partial charge in [-0.25, -0.2) is 4.98 Å². The van der Waals surface area contributed by atoms with Gasteiger partial charge in [0.1, 0.15) is 6.26 Å². The van der Waals surface area contributed by atoms with Crippen molar-refractivity contribution in [3.05, 3.63) is 30.7 Å². The molecule has 70 valence electrons. The van der Waals surface area contributed by atoms with Crippen molar-refractivity contribution in [2.75, 3.05) is 6.79 Å². The van der Waals surface area contributed by atoms with Crippen LogP contribution in [0.25, 0.3) is 11.5 Å². The molecule has 3 rings (SSSR count). The molecule has 0 unspecified atom stereocenters. The van der Waals surface area contributed by atoms with Crippen molar-refractivity contribution in [3.63, 3.8) is 0 Å². The number of fused-ring (bicyclic) bond motifs is 1. The van der Waals surface area contributed by atoms with Crippen LogP contribution in [0.2, 0.25) is 0 Å². The molecule has 0 fully saturated rings. The van der Waals surface area contributed by atoms with Crippen molar-refractivity contribution in [1.29, 1.82) is 0 Å². The summed E-state index contributed by atoms with van der Waals surface area (Å²) in [4.78, 5) is 4.05. The topological polar surface area (TPSA) is 44.5 Å². The second kappa shape index (κ2) is 2.77. The molecule has 0 spiro atoms. The van der Waals surface area contributed by atoms with Crippen LogP contribution in [0, 0.1) is 0 Å². The molecule has 2 aromatic rings. The molecule has 1 aromatic carbocycles. The Morgan fingerprint density at radius 3 is 2.93 bits per heavy atom. The van der Waals surface area contributed by atoms with E-state index in [4.69, 9.17) is 13.9 Å². The number of hydrogen-bond acceptors (Lipinski definition) is 4. The summed E-state index contributed by atoms with van der Waals surface area (Å²) in [5.74, 6) is 2.09. The lowest BCUT2D eigenvalue weighted by atomic mass is 10.2. The molecule has 0 atom stereocenters. The van der Waals surface area contributed by atoms with Crippen molar-refractivity contribution in [2.45, 2.75) is 0 Å². The van der Waals surface area contributed by atoms with E-state index < -0.39 is 0 Å². The van der Waals surface area contributed by atoms with Crippen LogP contribution in [-0.2, 0) is 0 Å². The first-order chi connectivity index (χ1) is 6.93. The highest BCUT2D eigenvalue weighted by Crippen LogP contribution is 2.35. The minimum Gasteiger partial charge on any atom is -0.454 e. The van der Waals surface area contributed by atoms with Gasteiger partial charge < -0.3 is 13.9 Å². The molecule has 0 saturated carbocycles. The van der Waals surface area contributed by atoms with E-state index in [0.29, 0.717) is 5.89 Å². The highest BCUT2D eigenvalue weighted by molar-refractivity contribution is 5.60. The fraction of sp³-hybridized carbons (Fsp3) is 0.100. The van der Waals surface area contributed by atoms with E-state index in [2.05, 4.69) is 4.98 Å². The van der Waals surface area contributed by atoms with E-state index in [1.165, 1.54) is 0 Å². The van der Waals surface area contributed by atoms with Crippen LogP contribution >= 0.6 is 0 Å². The van der Waals surface area contributed by atoms with Crippen molar-refractivity contribution < 1.29 is 13.9 Å². The largest absolute Gasteiger partial charge is 0.454 e. The van der Waals surface area contributed by atoms with Gasteiger partial charge in [-0.1, -0.05) is 0 Å². The maximum Gasteiger partial charge on any atom is 0.231 e. The van der Waals surface area contributed by atoms with E-state index in [0.717, 1.165) is 17.1 Å². The fourth-order valence-electron chi connectivity index (χ4n) is 1.40. The summed E-state index contributed by atoms with van der Waals surface area (Å²) < 4.78 is 15.6. The summed E-state index contributed by atoms with van der Waals surface area (Å²) in [7, 11) is 0. The molecule has 4 nitrogen and oxygen atoms in total. The van der Waals surface area contributed by atoms with E-state index in [1.54, 1.807) is 12.5 Å². The Bertz CT molecular complexity index is 450. The van der Waals surface area contributed by atoms with Crippen LogP contribution in [0.15, 0.2) is 35.1 Å². The Kier molecular flexibility index (Phi) is 1.47. The van der Waals surface area contributed by atoms with E-state index in [1.807, 2.05) is 18.2 Å². The van der Waals surface area contributed by atoms with Crippen LogP contribution in [-0.4, -0.2) is 11.8 Å². The van der Waals surface area contributed by atoms with Gasteiger partial charge >= 0.3 is 0 Å². The highest BCUT2D eigenvalue weighted by Gasteiger charge is 2.14. The average Bonchev–Trinajstić information content (AvgIpc) is 2.88. The minimum absolute atomic E-state index is 0.282. The molecule has 1 aliphatic heterocycles. The third-order valence-corrected chi connectivity index (χ3v) is 2.05. The molecule has 0 radical (unpaired) electrons. The molecule has 0 N–H and O–H groups in total. The second-order valence-corrected chi connectivity index (χ2v) is 2.91. The van der Waals surface area contributed by atoms with E-state index in [9.17, 15) is 0 Å².